The van der Waals surface area contributed by atoms with Gasteiger partial charge >= 0.3 is 6.18 Å². The first-order valence-electron chi connectivity index (χ1n) is 11.5. The van der Waals surface area contributed by atoms with E-state index in [9.17, 15) is 26.4 Å². The van der Waals surface area contributed by atoms with Crippen LogP contribution in [0.3, 0.4) is 0 Å². The van der Waals surface area contributed by atoms with Gasteiger partial charge in [0.05, 0.1) is 10.6 Å². The smallest absolute Gasteiger partial charge is 0.384 e. The number of carbonyl (C=O) groups excluding carboxylic acids is 1. The van der Waals surface area contributed by atoms with Crippen molar-refractivity contribution in [3.63, 3.8) is 0 Å². The van der Waals surface area contributed by atoms with Gasteiger partial charge in [-0.3, -0.25) is 10.2 Å². The summed E-state index contributed by atoms with van der Waals surface area (Å²) in [5.41, 5.74) is 6.26. The van der Waals surface area contributed by atoms with Crippen molar-refractivity contribution in [3.05, 3.63) is 95.3 Å². The number of nitrogen functional groups attached to an aromatic ring is 1. The van der Waals surface area contributed by atoms with Crippen molar-refractivity contribution < 1.29 is 26.4 Å². The van der Waals surface area contributed by atoms with Crippen LogP contribution in [0.25, 0.3) is 16.8 Å². The second-order valence-corrected chi connectivity index (χ2v) is 10.9. The average Bonchev–Trinajstić information content (AvgIpc) is 3.44. The zero-order valence-electron chi connectivity index (χ0n) is 20.3. The molecule has 1 aromatic heterocycles. The molecule has 0 spiro atoms. The third-order valence-electron chi connectivity index (χ3n) is 6.25. The molecule has 3 aromatic carbocycles. The van der Waals surface area contributed by atoms with E-state index in [1.807, 2.05) is 0 Å². The van der Waals surface area contributed by atoms with Crippen LogP contribution in [0.5, 0.6) is 0 Å². The maximum Gasteiger partial charge on any atom is 0.435 e. The monoisotopic (exact) mass is 554 g/mol. The van der Waals surface area contributed by atoms with Crippen LogP contribution >= 0.6 is 0 Å². The van der Waals surface area contributed by atoms with Crippen LogP contribution in [-0.4, -0.2) is 41.3 Å². The van der Waals surface area contributed by atoms with Crippen molar-refractivity contribution in [2.24, 2.45) is 5.73 Å². The van der Waals surface area contributed by atoms with E-state index in [1.54, 1.807) is 30.3 Å². The van der Waals surface area contributed by atoms with Crippen molar-refractivity contribution >= 4 is 27.5 Å². The second kappa shape index (κ2) is 9.36. The minimum absolute atomic E-state index is 0.114. The van der Waals surface area contributed by atoms with Gasteiger partial charge in [-0.25, -0.2) is 13.1 Å². The van der Waals surface area contributed by atoms with Gasteiger partial charge in [-0.15, -0.1) is 0 Å². The highest BCUT2D eigenvalue weighted by Crippen LogP contribution is 2.37. The number of sulfonamides is 1. The van der Waals surface area contributed by atoms with Gasteiger partial charge in [0.1, 0.15) is 11.5 Å². The van der Waals surface area contributed by atoms with Gasteiger partial charge in [-0.05, 0) is 35.4 Å². The van der Waals surface area contributed by atoms with E-state index in [0.717, 1.165) is 4.68 Å². The van der Waals surface area contributed by atoms with Crippen LogP contribution in [0.1, 0.15) is 27.3 Å². The Morgan fingerprint density at radius 3 is 2.41 bits per heavy atom. The summed E-state index contributed by atoms with van der Waals surface area (Å²) in [4.78, 5) is 13.3. The van der Waals surface area contributed by atoms with Crippen molar-refractivity contribution in [1.82, 2.24) is 14.1 Å². The van der Waals surface area contributed by atoms with E-state index in [4.69, 9.17) is 11.1 Å². The Morgan fingerprint density at radius 2 is 1.74 bits per heavy atom. The number of carbonyl (C=O) groups is 1. The van der Waals surface area contributed by atoms with E-state index < -0.39 is 27.8 Å². The topological polar surface area (TPSA) is 134 Å². The van der Waals surface area contributed by atoms with Crippen LogP contribution < -0.4 is 11.1 Å². The normalized spacial score (nSPS) is 14.7. The summed E-state index contributed by atoms with van der Waals surface area (Å²) in [6.07, 6.45) is -4.80. The average molecular weight is 555 g/mol. The molecule has 4 N–H and O–H groups in total. The molecule has 1 aliphatic heterocycles. The lowest BCUT2D eigenvalue weighted by atomic mass is 10.0. The van der Waals surface area contributed by atoms with E-state index in [1.165, 1.54) is 47.8 Å². The highest BCUT2D eigenvalue weighted by molar-refractivity contribution is 7.89. The van der Waals surface area contributed by atoms with E-state index in [2.05, 4.69) is 10.4 Å². The quantitative estimate of drug-likeness (QED) is 0.251. The number of nitrogens with two attached hydrogens (primary N) is 1. The summed E-state index contributed by atoms with van der Waals surface area (Å²) in [6, 6.07) is 17.9. The molecule has 39 heavy (non-hydrogen) atoms. The minimum atomic E-state index is -4.80. The number of halogens is 3. The van der Waals surface area contributed by atoms with Crippen molar-refractivity contribution in [2.45, 2.75) is 17.6 Å². The molecule has 0 unspecified atom stereocenters. The lowest BCUT2D eigenvalue weighted by Crippen LogP contribution is -2.18. The Hall–Kier alpha value is -4.49. The number of hydrogen-bond acceptors (Lipinski definition) is 5. The Labute approximate surface area is 221 Å². The Balaban J connectivity index is 1.47. The molecule has 13 heteroatoms. The van der Waals surface area contributed by atoms with Crippen LogP contribution in [-0.2, 0) is 22.7 Å². The standard InChI is InChI=1S/C26H21F3N6O3S/c1-34-14-17-5-3-7-20(23(17)39(34,37)38)15-8-10-18(11-9-15)32-25(36)21-13-22(26(27,28)29)33-35(21)19-6-2-4-16(12-19)24(30)31/h2-13H,14H2,1H3,(H3,30,31)(H,32,36). The third kappa shape index (κ3) is 4.77. The van der Waals surface area contributed by atoms with Gasteiger partial charge in [0, 0.05) is 36.5 Å². The second-order valence-electron chi connectivity index (χ2n) is 8.87. The summed E-state index contributed by atoms with van der Waals surface area (Å²) in [5, 5.41) is 13.7. The summed E-state index contributed by atoms with van der Waals surface area (Å²) in [7, 11) is -2.13. The summed E-state index contributed by atoms with van der Waals surface area (Å²) >= 11 is 0. The first-order chi connectivity index (χ1) is 18.4. The number of rotatable bonds is 5. The first-order valence-corrected chi connectivity index (χ1v) is 12.9. The molecule has 0 aliphatic carbocycles. The van der Waals surface area contributed by atoms with Crippen LogP contribution in [0.4, 0.5) is 18.9 Å². The summed E-state index contributed by atoms with van der Waals surface area (Å²) in [5.74, 6) is -1.15. The van der Waals surface area contributed by atoms with Gasteiger partial charge in [0.25, 0.3) is 5.91 Å². The molecule has 5 rings (SSSR count). The summed E-state index contributed by atoms with van der Waals surface area (Å²) < 4.78 is 68.1. The Bertz CT molecular complexity index is 1730. The van der Waals surface area contributed by atoms with Gasteiger partial charge in [-0.1, -0.05) is 42.5 Å². The number of fused-ring (bicyclic) bond motifs is 1. The predicted molar refractivity (Wildman–Crippen MR) is 138 cm³/mol. The molecule has 0 radical (unpaired) electrons. The van der Waals surface area contributed by atoms with Crippen molar-refractivity contribution in [1.29, 1.82) is 5.41 Å². The van der Waals surface area contributed by atoms with Crippen LogP contribution in [0.2, 0.25) is 0 Å². The SMILES string of the molecule is CN1Cc2cccc(-c3ccc(NC(=O)c4cc(C(F)(F)F)nn4-c4cccc(C(=N)N)c4)cc3)c2S1(=O)=O. The van der Waals surface area contributed by atoms with E-state index in [0.29, 0.717) is 22.8 Å². The number of amides is 1. The predicted octanol–water partition coefficient (Wildman–Crippen LogP) is 4.23. The molecule has 0 bridgehead atoms. The highest BCUT2D eigenvalue weighted by atomic mass is 32.2. The molecule has 1 amide bonds. The number of alkyl halides is 3. The van der Waals surface area contributed by atoms with E-state index in [-0.39, 0.29) is 39.9 Å². The zero-order chi connectivity index (χ0) is 28.1. The molecule has 0 saturated heterocycles. The molecule has 9 nitrogen and oxygen atoms in total. The molecule has 1 aliphatic rings. The number of hydrogen-bond donors (Lipinski definition) is 3. The third-order valence-corrected chi connectivity index (χ3v) is 8.19. The van der Waals surface area contributed by atoms with Gasteiger partial charge in [0.15, 0.2) is 5.69 Å². The van der Waals surface area contributed by atoms with Gasteiger partial charge in [-0.2, -0.15) is 22.6 Å². The molecule has 4 aromatic rings. The maximum atomic E-state index is 13.5. The molecule has 0 saturated carbocycles. The molecule has 2 heterocycles. The zero-order valence-corrected chi connectivity index (χ0v) is 21.1. The van der Waals surface area contributed by atoms with Crippen molar-refractivity contribution in [2.75, 3.05) is 12.4 Å². The highest BCUT2D eigenvalue weighted by Gasteiger charge is 2.36. The fourth-order valence-electron chi connectivity index (χ4n) is 4.33. The summed E-state index contributed by atoms with van der Waals surface area (Å²) in [6.45, 7) is 0.266. The number of amidine groups is 1. The molecule has 0 atom stereocenters. The van der Waals surface area contributed by atoms with Gasteiger partial charge < -0.3 is 11.1 Å². The number of aromatic nitrogens is 2. The Kier molecular flexibility index (Phi) is 6.27. The molecular formula is C26H21F3N6O3S. The minimum Gasteiger partial charge on any atom is -0.384 e. The number of benzene rings is 3. The van der Waals surface area contributed by atoms with Crippen LogP contribution in [0.15, 0.2) is 77.7 Å². The fraction of sp³-hybridized carbons (Fsp3) is 0.115. The molecular weight excluding hydrogens is 533 g/mol. The maximum absolute atomic E-state index is 13.5. The van der Waals surface area contributed by atoms with E-state index >= 15 is 0 Å². The molecule has 200 valence electrons. The lowest BCUT2D eigenvalue weighted by molar-refractivity contribution is -0.141. The number of anilines is 1. The molecule has 0 fully saturated rings. The fourth-order valence-corrected chi connectivity index (χ4v) is 5.88. The van der Waals surface area contributed by atoms with Gasteiger partial charge in [0.2, 0.25) is 10.0 Å². The van der Waals surface area contributed by atoms with Crippen LogP contribution in [0, 0.1) is 5.41 Å². The van der Waals surface area contributed by atoms with Crippen molar-refractivity contribution in [3.8, 4) is 16.8 Å². The largest absolute Gasteiger partial charge is 0.435 e. The Morgan fingerprint density at radius 1 is 1.05 bits per heavy atom. The lowest BCUT2D eigenvalue weighted by Gasteiger charge is -2.12. The first kappa shape index (κ1) is 26.1. The number of nitrogens with zero attached hydrogens (tertiary/aromatic N) is 3. The number of nitrogens with one attached hydrogen (secondary N) is 2.